The minimum atomic E-state index is -0.441. The van der Waals surface area contributed by atoms with E-state index in [1.54, 1.807) is 0 Å². The van der Waals surface area contributed by atoms with Crippen LogP contribution in [-0.2, 0) is 11.2 Å². The predicted molar refractivity (Wildman–Crippen MR) is 93.4 cm³/mol. The first-order valence-corrected chi connectivity index (χ1v) is 8.31. The summed E-state index contributed by atoms with van der Waals surface area (Å²) < 4.78 is 5.48. The van der Waals surface area contributed by atoms with Crippen molar-refractivity contribution in [1.29, 1.82) is 0 Å². The highest BCUT2D eigenvalue weighted by Gasteiger charge is 2.30. The average molecular weight is 319 g/mol. The Morgan fingerprint density at radius 2 is 1.91 bits per heavy atom. The first-order chi connectivity index (χ1) is 10.7. The van der Waals surface area contributed by atoms with Gasteiger partial charge in [-0.1, -0.05) is 12.1 Å². The second-order valence-corrected chi connectivity index (χ2v) is 7.31. The summed E-state index contributed by atoms with van der Waals surface area (Å²) in [7, 11) is 0. The molecular weight excluding hydrogens is 290 g/mol. The number of piperazine rings is 1. The van der Waals surface area contributed by atoms with E-state index in [1.165, 1.54) is 5.56 Å². The lowest BCUT2D eigenvalue weighted by molar-refractivity contribution is 0.00163. The fourth-order valence-electron chi connectivity index (χ4n) is 2.80. The summed E-state index contributed by atoms with van der Waals surface area (Å²) in [5.74, 6) is 0. The van der Waals surface area contributed by atoms with Crippen molar-refractivity contribution in [3.05, 3.63) is 29.8 Å². The van der Waals surface area contributed by atoms with Gasteiger partial charge in [-0.05, 0) is 51.8 Å². The predicted octanol–water partition coefficient (Wildman–Crippen LogP) is 2.75. The molecule has 5 heteroatoms. The molecule has 1 saturated heterocycles. The van der Waals surface area contributed by atoms with Gasteiger partial charge in [-0.25, -0.2) is 4.79 Å². The summed E-state index contributed by atoms with van der Waals surface area (Å²) in [6.07, 6.45) is 0.794. The number of carbonyl (C=O) groups is 1. The number of hydrogen-bond donors (Lipinski definition) is 1. The molecule has 1 atom stereocenters. The lowest BCUT2D eigenvalue weighted by atomic mass is 10.1. The van der Waals surface area contributed by atoms with Crippen LogP contribution in [0.1, 0.15) is 33.3 Å². The third-order valence-electron chi connectivity index (χ3n) is 4.04. The third-order valence-corrected chi connectivity index (χ3v) is 4.04. The number of anilines is 1. The van der Waals surface area contributed by atoms with E-state index in [0.717, 1.165) is 38.3 Å². The Hall–Kier alpha value is -1.75. The molecule has 0 spiro atoms. The van der Waals surface area contributed by atoms with Crippen LogP contribution >= 0.6 is 0 Å². The largest absolute Gasteiger partial charge is 0.444 e. The zero-order valence-electron chi connectivity index (χ0n) is 14.7. The van der Waals surface area contributed by atoms with Gasteiger partial charge in [0.05, 0.1) is 0 Å². The number of rotatable bonds is 3. The lowest BCUT2D eigenvalue weighted by Crippen LogP contribution is -2.55. The highest BCUT2D eigenvalue weighted by molar-refractivity contribution is 5.68. The van der Waals surface area contributed by atoms with Gasteiger partial charge in [0.15, 0.2) is 0 Å². The molecule has 5 nitrogen and oxygen atoms in total. The molecule has 128 valence electrons. The van der Waals surface area contributed by atoms with E-state index in [1.807, 2.05) is 37.8 Å². The van der Waals surface area contributed by atoms with Crippen molar-refractivity contribution in [3.63, 3.8) is 0 Å². The number of carbonyl (C=O) groups excluding carboxylic acids is 1. The van der Waals surface area contributed by atoms with Gasteiger partial charge in [0.1, 0.15) is 5.60 Å². The van der Waals surface area contributed by atoms with Crippen molar-refractivity contribution in [2.75, 3.05) is 31.9 Å². The van der Waals surface area contributed by atoms with Gasteiger partial charge in [0.25, 0.3) is 0 Å². The molecule has 1 amide bonds. The van der Waals surface area contributed by atoms with Crippen LogP contribution in [-0.4, -0.2) is 53.7 Å². The van der Waals surface area contributed by atoms with Gasteiger partial charge < -0.3 is 15.4 Å². The second-order valence-electron chi connectivity index (χ2n) is 7.31. The highest BCUT2D eigenvalue weighted by atomic mass is 16.6. The van der Waals surface area contributed by atoms with Crippen LogP contribution in [0, 0.1) is 0 Å². The van der Waals surface area contributed by atoms with Gasteiger partial charge >= 0.3 is 6.09 Å². The number of amides is 1. The zero-order chi connectivity index (χ0) is 17.0. The van der Waals surface area contributed by atoms with E-state index in [0.29, 0.717) is 0 Å². The normalized spacial score (nSPS) is 19.7. The molecule has 1 aliphatic rings. The van der Waals surface area contributed by atoms with Gasteiger partial charge in [-0.2, -0.15) is 0 Å². The Morgan fingerprint density at radius 1 is 1.26 bits per heavy atom. The molecule has 2 rings (SSSR count). The number of ether oxygens (including phenoxy) is 1. The number of nitrogens with two attached hydrogens (primary N) is 1. The Bertz CT molecular complexity index is 522. The van der Waals surface area contributed by atoms with Crippen LogP contribution in [0.25, 0.3) is 0 Å². The Morgan fingerprint density at radius 3 is 2.48 bits per heavy atom. The number of benzene rings is 1. The molecule has 0 bridgehead atoms. The maximum Gasteiger partial charge on any atom is 0.410 e. The summed E-state index contributed by atoms with van der Waals surface area (Å²) in [4.78, 5) is 16.5. The fraction of sp³-hybridized carbons (Fsp3) is 0.611. The van der Waals surface area contributed by atoms with Crippen LogP contribution in [0.4, 0.5) is 10.5 Å². The van der Waals surface area contributed by atoms with E-state index in [4.69, 9.17) is 10.5 Å². The van der Waals surface area contributed by atoms with Crippen molar-refractivity contribution in [2.24, 2.45) is 0 Å². The maximum atomic E-state index is 12.2. The van der Waals surface area contributed by atoms with Crippen molar-refractivity contribution in [3.8, 4) is 0 Å². The van der Waals surface area contributed by atoms with Crippen molar-refractivity contribution in [2.45, 2.75) is 45.8 Å². The maximum absolute atomic E-state index is 12.2. The molecule has 0 saturated carbocycles. The highest BCUT2D eigenvalue weighted by Crippen LogP contribution is 2.16. The van der Waals surface area contributed by atoms with Crippen molar-refractivity contribution < 1.29 is 9.53 Å². The van der Waals surface area contributed by atoms with E-state index in [9.17, 15) is 4.79 Å². The van der Waals surface area contributed by atoms with Crippen LogP contribution in [0.15, 0.2) is 24.3 Å². The minimum Gasteiger partial charge on any atom is -0.444 e. The number of nitrogen functional groups attached to an aromatic ring is 1. The number of nitrogens with zero attached hydrogens (tertiary/aromatic N) is 2. The quantitative estimate of drug-likeness (QED) is 0.870. The molecule has 2 N–H and O–H groups in total. The molecule has 0 unspecified atom stereocenters. The Kier molecular flexibility index (Phi) is 5.52. The summed E-state index contributed by atoms with van der Waals surface area (Å²) in [5.41, 5.74) is 7.36. The van der Waals surface area contributed by atoms with E-state index in [2.05, 4.69) is 24.0 Å². The van der Waals surface area contributed by atoms with Gasteiger partial charge in [0, 0.05) is 37.9 Å². The second kappa shape index (κ2) is 7.21. The third kappa shape index (κ3) is 5.43. The lowest BCUT2D eigenvalue weighted by Gasteiger charge is -2.40. The molecular formula is C18H29N3O2. The smallest absolute Gasteiger partial charge is 0.410 e. The van der Waals surface area contributed by atoms with E-state index >= 15 is 0 Å². The van der Waals surface area contributed by atoms with Crippen LogP contribution in [0.5, 0.6) is 0 Å². The first kappa shape index (κ1) is 17.6. The SMILES string of the molecule is C[C@H]1CN(CCc2ccc(N)cc2)CCN1C(=O)OC(C)(C)C. The molecule has 0 radical (unpaired) electrons. The van der Waals surface area contributed by atoms with Crippen molar-refractivity contribution in [1.82, 2.24) is 9.80 Å². The molecule has 23 heavy (non-hydrogen) atoms. The van der Waals surface area contributed by atoms with Gasteiger partial charge in [-0.3, -0.25) is 4.90 Å². The molecule has 1 aromatic rings. The number of hydrogen-bond acceptors (Lipinski definition) is 4. The molecule has 0 aromatic heterocycles. The Labute approximate surface area is 139 Å². The standard InChI is InChI=1S/C18H29N3O2/c1-14-13-20(10-9-15-5-7-16(19)8-6-15)11-12-21(14)17(22)23-18(2,3)4/h5-8,14H,9-13,19H2,1-4H3/t14-/m0/s1. The van der Waals surface area contributed by atoms with Crippen LogP contribution in [0.3, 0.4) is 0 Å². The first-order valence-electron chi connectivity index (χ1n) is 8.31. The molecule has 1 fully saturated rings. The molecule has 0 aliphatic carbocycles. The summed E-state index contributed by atoms with van der Waals surface area (Å²) >= 11 is 0. The van der Waals surface area contributed by atoms with Crippen LogP contribution < -0.4 is 5.73 Å². The minimum absolute atomic E-state index is 0.171. The molecule has 1 heterocycles. The van der Waals surface area contributed by atoms with Gasteiger partial charge in [0.2, 0.25) is 0 Å². The van der Waals surface area contributed by atoms with Crippen LogP contribution in [0.2, 0.25) is 0 Å². The van der Waals surface area contributed by atoms with E-state index in [-0.39, 0.29) is 12.1 Å². The van der Waals surface area contributed by atoms with Gasteiger partial charge in [-0.15, -0.1) is 0 Å². The topological polar surface area (TPSA) is 58.8 Å². The fourth-order valence-corrected chi connectivity index (χ4v) is 2.80. The summed E-state index contributed by atoms with van der Waals surface area (Å²) in [6, 6.07) is 8.22. The average Bonchev–Trinajstić information content (AvgIpc) is 2.45. The molecule has 1 aliphatic heterocycles. The molecule has 1 aromatic carbocycles. The zero-order valence-corrected chi connectivity index (χ0v) is 14.7. The van der Waals surface area contributed by atoms with Crippen molar-refractivity contribution >= 4 is 11.8 Å². The van der Waals surface area contributed by atoms with E-state index < -0.39 is 5.60 Å². The monoisotopic (exact) mass is 319 g/mol. The summed E-state index contributed by atoms with van der Waals surface area (Å²) in [6.45, 7) is 11.3. The summed E-state index contributed by atoms with van der Waals surface area (Å²) in [5, 5.41) is 0. The Balaban J connectivity index is 1.81.